The molecule has 0 fully saturated rings. The SMILES string of the molecule is CCn1c(-c2nonc2N)nc2c(-c3ccccc3)ncc(OCCCC(N)CCN(C)C)c21. The number of rotatable bonds is 11. The van der Waals surface area contributed by atoms with Gasteiger partial charge in [0.15, 0.2) is 23.1 Å². The Labute approximate surface area is 198 Å². The number of fused-ring (bicyclic) bond motifs is 1. The van der Waals surface area contributed by atoms with Crippen LogP contribution in [0.4, 0.5) is 5.82 Å². The molecule has 180 valence electrons. The number of hydrogen-bond acceptors (Lipinski definition) is 9. The van der Waals surface area contributed by atoms with E-state index in [0.717, 1.165) is 42.6 Å². The van der Waals surface area contributed by atoms with Gasteiger partial charge < -0.3 is 25.7 Å². The van der Waals surface area contributed by atoms with Crippen LogP contribution in [0, 0.1) is 0 Å². The number of hydrogen-bond donors (Lipinski definition) is 2. The summed E-state index contributed by atoms with van der Waals surface area (Å²) in [6.45, 7) is 4.17. The largest absolute Gasteiger partial charge is 0.490 e. The average Bonchev–Trinajstić information content (AvgIpc) is 3.44. The van der Waals surface area contributed by atoms with Crippen molar-refractivity contribution in [2.45, 2.75) is 38.8 Å². The maximum Gasteiger partial charge on any atom is 0.199 e. The minimum Gasteiger partial charge on any atom is -0.490 e. The van der Waals surface area contributed by atoms with Gasteiger partial charge in [-0.05, 0) is 57.1 Å². The third-order valence-electron chi connectivity index (χ3n) is 5.75. The van der Waals surface area contributed by atoms with Crippen molar-refractivity contribution in [3.8, 4) is 28.5 Å². The Hall–Kier alpha value is -3.50. The zero-order valence-electron chi connectivity index (χ0n) is 19.9. The predicted molar refractivity (Wildman–Crippen MR) is 132 cm³/mol. The number of ether oxygens (including phenoxy) is 1. The van der Waals surface area contributed by atoms with Gasteiger partial charge in [-0.15, -0.1) is 0 Å². The maximum atomic E-state index is 6.25. The van der Waals surface area contributed by atoms with Gasteiger partial charge in [-0.3, -0.25) is 0 Å². The highest BCUT2D eigenvalue weighted by Crippen LogP contribution is 2.36. The Bertz CT molecular complexity index is 1220. The number of aromatic nitrogens is 5. The Kier molecular flexibility index (Phi) is 7.39. The normalized spacial score (nSPS) is 12.5. The van der Waals surface area contributed by atoms with Crippen molar-refractivity contribution in [3.63, 3.8) is 0 Å². The summed E-state index contributed by atoms with van der Waals surface area (Å²) >= 11 is 0. The summed E-state index contributed by atoms with van der Waals surface area (Å²) in [6, 6.07) is 10.1. The third-order valence-corrected chi connectivity index (χ3v) is 5.75. The molecule has 3 aromatic heterocycles. The van der Waals surface area contributed by atoms with Crippen molar-refractivity contribution < 1.29 is 9.37 Å². The number of imidazole rings is 1. The van der Waals surface area contributed by atoms with Crippen LogP contribution < -0.4 is 16.2 Å². The lowest BCUT2D eigenvalue weighted by molar-refractivity contribution is 0.296. The Morgan fingerprint density at radius 3 is 2.59 bits per heavy atom. The van der Waals surface area contributed by atoms with E-state index in [-0.39, 0.29) is 11.9 Å². The summed E-state index contributed by atoms with van der Waals surface area (Å²) < 4.78 is 13.1. The molecule has 4 aromatic rings. The molecule has 0 spiro atoms. The van der Waals surface area contributed by atoms with E-state index in [1.165, 1.54) is 0 Å². The fourth-order valence-electron chi connectivity index (χ4n) is 3.96. The van der Waals surface area contributed by atoms with Gasteiger partial charge >= 0.3 is 0 Å². The zero-order chi connectivity index (χ0) is 24.1. The molecular weight excluding hydrogens is 432 g/mol. The molecule has 3 heterocycles. The first-order chi connectivity index (χ1) is 16.5. The molecule has 0 amide bonds. The lowest BCUT2D eigenvalue weighted by Gasteiger charge is -2.15. The highest BCUT2D eigenvalue weighted by molar-refractivity contribution is 5.95. The van der Waals surface area contributed by atoms with Crippen LogP contribution in [0.3, 0.4) is 0 Å². The van der Waals surface area contributed by atoms with Gasteiger partial charge in [0.2, 0.25) is 0 Å². The molecule has 34 heavy (non-hydrogen) atoms. The fourth-order valence-corrected chi connectivity index (χ4v) is 3.96. The fraction of sp³-hybridized carbons (Fsp3) is 0.417. The molecule has 0 saturated heterocycles. The van der Waals surface area contributed by atoms with Crippen molar-refractivity contribution in [2.75, 3.05) is 33.0 Å². The van der Waals surface area contributed by atoms with E-state index in [9.17, 15) is 0 Å². The van der Waals surface area contributed by atoms with Crippen molar-refractivity contribution >= 4 is 16.9 Å². The van der Waals surface area contributed by atoms with E-state index < -0.39 is 0 Å². The van der Waals surface area contributed by atoms with Gasteiger partial charge in [0.1, 0.15) is 11.0 Å². The van der Waals surface area contributed by atoms with Crippen LogP contribution in [0.2, 0.25) is 0 Å². The minimum absolute atomic E-state index is 0.153. The number of nitrogens with zero attached hydrogens (tertiary/aromatic N) is 6. The van der Waals surface area contributed by atoms with E-state index in [2.05, 4.69) is 29.3 Å². The van der Waals surface area contributed by atoms with E-state index in [1.54, 1.807) is 6.20 Å². The van der Waals surface area contributed by atoms with E-state index >= 15 is 0 Å². The number of nitrogens with two attached hydrogens (primary N) is 2. The standard InChI is InChI=1S/C24H32N8O2/c1-4-32-22-18(33-14-8-11-17(25)12-13-31(2)3)15-27-19(16-9-6-5-7-10-16)20(22)28-24(32)21-23(26)30-34-29-21/h5-7,9-10,15,17H,4,8,11-14,25H2,1-3H3,(H2,26,30). The van der Waals surface area contributed by atoms with Crippen molar-refractivity contribution in [3.05, 3.63) is 36.5 Å². The second kappa shape index (κ2) is 10.6. The second-order valence-electron chi connectivity index (χ2n) is 8.55. The van der Waals surface area contributed by atoms with Crippen LogP contribution in [-0.4, -0.2) is 63.0 Å². The summed E-state index contributed by atoms with van der Waals surface area (Å²) in [5.41, 5.74) is 15.9. The number of aryl methyl sites for hydroxylation is 1. The maximum absolute atomic E-state index is 6.25. The van der Waals surface area contributed by atoms with Gasteiger partial charge in [-0.1, -0.05) is 30.3 Å². The molecule has 0 aliphatic rings. The minimum atomic E-state index is 0.153. The van der Waals surface area contributed by atoms with Gasteiger partial charge in [0, 0.05) is 18.2 Å². The number of anilines is 1. The lowest BCUT2D eigenvalue weighted by Crippen LogP contribution is -2.26. The van der Waals surface area contributed by atoms with Crippen LogP contribution in [0.5, 0.6) is 5.75 Å². The smallest absolute Gasteiger partial charge is 0.199 e. The monoisotopic (exact) mass is 464 g/mol. The second-order valence-corrected chi connectivity index (χ2v) is 8.55. The topological polar surface area (TPSA) is 134 Å². The van der Waals surface area contributed by atoms with Crippen LogP contribution >= 0.6 is 0 Å². The van der Waals surface area contributed by atoms with Gasteiger partial charge in [-0.2, -0.15) is 0 Å². The van der Waals surface area contributed by atoms with E-state index in [0.29, 0.717) is 35.9 Å². The molecule has 10 heteroatoms. The molecule has 10 nitrogen and oxygen atoms in total. The van der Waals surface area contributed by atoms with Crippen molar-refractivity contribution in [1.29, 1.82) is 0 Å². The molecule has 4 rings (SSSR count). The molecule has 4 N–H and O–H groups in total. The van der Waals surface area contributed by atoms with Gasteiger partial charge in [0.05, 0.1) is 18.5 Å². The van der Waals surface area contributed by atoms with E-state index in [1.807, 2.05) is 41.8 Å². The van der Waals surface area contributed by atoms with Crippen LogP contribution in [0.25, 0.3) is 33.8 Å². The average molecular weight is 465 g/mol. The highest BCUT2D eigenvalue weighted by atomic mass is 16.6. The summed E-state index contributed by atoms with van der Waals surface area (Å²) in [7, 11) is 4.11. The van der Waals surface area contributed by atoms with Gasteiger partial charge in [0.25, 0.3) is 0 Å². The van der Waals surface area contributed by atoms with Crippen LogP contribution in [0.15, 0.2) is 41.2 Å². The number of nitrogen functional groups attached to an aromatic ring is 1. The molecule has 1 atom stereocenters. The molecule has 0 aliphatic carbocycles. The number of pyridine rings is 1. The summed E-state index contributed by atoms with van der Waals surface area (Å²) in [5, 5.41) is 7.69. The van der Waals surface area contributed by atoms with E-state index in [4.69, 9.17) is 30.8 Å². The first kappa shape index (κ1) is 23.7. The molecule has 0 bridgehead atoms. The van der Waals surface area contributed by atoms with Crippen LogP contribution in [0.1, 0.15) is 26.2 Å². The predicted octanol–water partition coefficient (Wildman–Crippen LogP) is 3.19. The lowest BCUT2D eigenvalue weighted by atomic mass is 10.1. The third kappa shape index (κ3) is 5.02. The first-order valence-corrected chi connectivity index (χ1v) is 11.6. The quantitative estimate of drug-likeness (QED) is 0.321. The Morgan fingerprint density at radius 1 is 1.12 bits per heavy atom. The Balaban J connectivity index is 1.66. The molecule has 1 unspecified atom stereocenters. The van der Waals surface area contributed by atoms with Crippen molar-refractivity contribution in [2.24, 2.45) is 5.73 Å². The first-order valence-electron chi connectivity index (χ1n) is 11.6. The van der Waals surface area contributed by atoms with Gasteiger partial charge in [-0.25, -0.2) is 14.6 Å². The number of benzene rings is 1. The summed E-state index contributed by atoms with van der Waals surface area (Å²) in [5.74, 6) is 1.41. The highest BCUT2D eigenvalue weighted by Gasteiger charge is 2.24. The molecule has 0 saturated carbocycles. The molecule has 0 aliphatic heterocycles. The molecule has 0 radical (unpaired) electrons. The Morgan fingerprint density at radius 2 is 1.91 bits per heavy atom. The summed E-state index contributed by atoms with van der Waals surface area (Å²) in [4.78, 5) is 11.7. The van der Waals surface area contributed by atoms with Crippen molar-refractivity contribution in [1.82, 2.24) is 29.7 Å². The van der Waals surface area contributed by atoms with Crippen LogP contribution in [-0.2, 0) is 6.54 Å². The molecular formula is C24H32N8O2. The summed E-state index contributed by atoms with van der Waals surface area (Å²) in [6.07, 6.45) is 4.47. The zero-order valence-corrected chi connectivity index (χ0v) is 19.9. The molecule has 1 aromatic carbocycles.